The fourth-order valence-electron chi connectivity index (χ4n) is 2.07. The molecule has 24 heavy (non-hydrogen) atoms. The molecule has 2 N–H and O–H groups in total. The third-order valence-corrected chi connectivity index (χ3v) is 4.63. The van der Waals surface area contributed by atoms with E-state index in [0.29, 0.717) is 12.6 Å². The highest BCUT2D eigenvalue weighted by molar-refractivity contribution is 7.99. The first-order chi connectivity index (χ1) is 11.4. The van der Waals surface area contributed by atoms with Crippen LogP contribution < -0.4 is 15.4 Å². The quantitative estimate of drug-likeness (QED) is 0.738. The molecule has 1 aromatic heterocycles. The second-order valence-electron chi connectivity index (χ2n) is 5.14. The third kappa shape index (κ3) is 6.03. The summed E-state index contributed by atoms with van der Waals surface area (Å²) >= 11 is 7.53. The Labute approximate surface area is 146 Å². The van der Waals surface area contributed by atoms with E-state index in [9.17, 15) is 18.0 Å². The van der Waals surface area contributed by atoms with Gasteiger partial charge in [0.25, 0.3) is 0 Å². The molecule has 0 saturated carbocycles. The van der Waals surface area contributed by atoms with E-state index >= 15 is 0 Å². The van der Waals surface area contributed by atoms with E-state index in [-0.39, 0.29) is 36.0 Å². The summed E-state index contributed by atoms with van der Waals surface area (Å²) in [7, 11) is 0. The largest absolute Gasteiger partial charge is 0.475 e. The first kappa shape index (κ1) is 19.1. The monoisotopic (exact) mass is 383 g/mol. The lowest BCUT2D eigenvalue weighted by Crippen LogP contribution is -2.41. The maximum Gasteiger partial charge on any atom is 0.417 e. The lowest BCUT2D eigenvalue weighted by Gasteiger charge is -2.22. The zero-order chi connectivity index (χ0) is 17.6. The molecule has 1 aliphatic rings. The standard InChI is InChI=1S/C14H17ClF3N3O2S/c15-11-5-9(14(16,17)18)7-21-13(11)23-3-1-20-12(22)6-10-8-24-4-2-19-10/h5,7,10,19H,1-4,6,8H2,(H,20,22). The molecule has 1 unspecified atom stereocenters. The summed E-state index contributed by atoms with van der Waals surface area (Å²) in [6.07, 6.45) is -3.47. The highest BCUT2D eigenvalue weighted by Gasteiger charge is 2.31. The molecule has 1 atom stereocenters. The Balaban J connectivity index is 1.71. The van der Waals surface area contributed by atoms with Crippen molar-refractivity contribution in [3.8, 4) is 5.88 Å². The number of thioether (sulfide) groups is 1. The van der Waals surface area contributed by atoms with Gasteiger partial charge in [-0.3, -0.25) is 4.79 Å². The van der Waals surface area contributed by atoms with Crippen molar-refractivity contribution in [1.29, 1.82) is 0 Å². The van der Waals surface area contributed by atoms with Crippen molar-refractivity contribution in [2.75, 3.05) is 31.2 Å². The molecule has 2 heterocycles. The number of hydrogen-bond donors (Lipinski definition) is 2. The van der Waals surface area contributed by atoms with Crippen molar-refractivity contribution in [1.82, 2.24) is 15.6 Å². The molecule has 0 aromatic carbocycles. The van der Waals surface area contributed by atoms with Gasteiger partial charge in [-0.25, -0.2) is 4.98 Å². The Kier molecular flexibility index (Phi) is 7.00. The smallest absolute Gasteiger partial charge is 0.417 e. The molecule has 1 aromatic rings. The Bertz CT molecular complexity index is 569. The first-order valence-corrected chi connectivity index (χ1v) is 8.83. The van der Waals surface area contributed by atoms with Crippen molar-refractivity contribution < 1.29 is 22.7 Å². The zero-order valence-corrected chi connectivity index (χ0v) is 14.2. The van der Waals surface area contributed by atoms with Crippen LogP contribution in [-0.2, 0) is 11.0 Å². The van der Waals surface area contributed by atoms with Gasteiger partial charge < -0.3 is 15.4 Å². The van der Waals surface area contributed by atoms with Gasteiger partial charge in [-0.05, 0) is 6.07 Å². The number of rotatable bonds is 6. The molecule has 0 bridgehead atoms. The van der Waals surface area contributed by atoms with Crippen molar-refractivity contribution in [3.05, 3.63) is 22.8 Å². The van der Waals surface area contributed by atoms with Gasteiger partial charge in [0, 0.05) is 36.7 Å². The summed E-state index contributed by atoms with van der Waals surface area (Å²) in [6, 6.07) is 0.921. The molecule has 1 aliphatic heterocycles. The molecule has 1 fully saturated rings. The number of carbonyl (C=O) groups excluding carboxylic acids is 1. The fourth-order valence-corrected chi connectivity index (χ4v) is 3.24. The van der Waals surface area contributed by atoms with E-state index in [1.807, 2.05) is 0 Å². The lowest BCUT2D eigenvalue weighted by atomic mass is 10.2. The van der Waals surface area contributed by atoms with E-state index in [4.69, 9.17) is 16.3 Å². The summed E-state index contributed by atoms with van der Waals surface area (Å²) in [4.78, 5) is 15.3. The maximum atomic E-state index is 12.5. The van der Waals surface area contributed by atoms with Crippen molar-refractivity contribution >= 4 is 29.3 Å². The first-order valence-electron chi connectivity index (χ1n) is 7.29. The van der Waals surface area contributed by atoms with Crippen LogP contribution >= 0.6 is 23.4 Å². The van der Waals surface area contributed by atoms with Crippen LogP contribution in [0.15, 0.2) is 12.3 Å². The van der Waals surface area contributed by atoms with E-state index in [1.54, 1.807) is 11.8 Å². The van der Waals surface area contributed by atoms with Crippen LogP contribution in [0.5, 0.6) is 5.88 Å². The number of ether oxygens (including phenoxy) is 1. The Hall–Kier alpha value is -1.19. The number of pyridine rings is 1. The van der Waals surface area contributed by atoms with Crippen LogP contribution in [-0.4, -0.2) is 48.1 Å². The molecule has 0 aliphatic carbocycles. The summed E-state index contributed by atoms with van der Waals surface area (Å²) < 4.78 is 42.7. The van der Waals surface area contributed by atoms with Gasteiger partial charge in [-0.1, -0.05) is 11.6 Å². The van der Waals surface area contributed by atoms with E-state index in [1.165, 1.54) is 0 Å². The molecule has 1 amide bonds. The predicted octanol–water partition coefficient (Wildman–Crippen LogP) is 2.34. The maximum absolute atomic E-state index is 12.5. The summed E-state index contributed by atoms with van der Waals surface area (Å²) in [5, 5.41) is 5.73. The topological polar surface area (TPSA) is 63.2 Å². The number of aromatic nitrogens is 1. The Morgan fingerprint density at radius 1 is 1.54 bits per heavy atom. The normalized spacial score (nSPS) is 18.2. The predicted molar refractivity (Wildman–Crippen MR) is 86.5 cm³/mol. The average Bonchev–Trinajstić information content (AvgIpc) is 2.52. The number of amides is 1. The van der Waals surface area contributed by atoms with Crippen LogP contribution in [0.4, 0.5) is 13.2 Å². The fraction of sp³-hybridized carbons (Fsp3) is 0.571. The van der Waals surface area contributed by atoms with Crippen LogP contribution in [0, 0.1) is 0 Å². The highest BCUT2D eigenvalue weighted by Crippen LogP contribution is 2.32. The summed E-state index contributed by atoms with van der Waals surface area (Å²) in [5.74, 6) is 1.75. The lowest BCUT2D eigenvalue weighted by molar-refractivity contribution is -0.137. The van der Waals surface area contributed by atoms with Crippen LogP contribution in [0.3, 0.4) is 0 Å². The van der Waals surface area contributed by atoms with E-state index in [0.717, 1.165) is 24.1 Å². The van der Waals surface area contributed by atoms with Crippen molar-refractivity contribution in [2.24, 2.45) is 0 Å². The zero-order valence-electron chi connectivity index (χ0n) is 12.7. The van der Waals surface area contributed by atoms with Gasteiger partial charge in [0.05, 0.1) is 12.1 Å². The van der Waals surface area contributed by atoms with Gasteiger partial charge in [-0.2, -0.15) is 24.9 Å². The average molecular weight is 384 g/mol. The second-order valence-corrected chi connectivity index (χ2v) is 6.69. The SMILES string of the molecule is O=C(CC1CSCCN1)NCCOc1ncc(C(F)(F)F)cc1Cl. The molecule has 1 saturated heterocycles. The molecule has 0 radical (unpaired) electrons. The van der Waals surface area contributed by atoms with Crippen molar-refractivity contribution in [2.45, 2.75) is 18.6 Å². The number of hydrogen-bond acceptors (Lipinski definition) is 5. The molecule has 134 valence electrons. The van der Waals surface area contributed by atoms with E-state index < -0.39 is 11.7 Å². The molecular weight excluding hydrogens is 367 g/mol. The molecule has 0 spiro atoms. The van der Waals surface area contributed by atoms with Crippen LogP contribution in [0.2, 0.25) is 5.02 Å². The number of halogens is 4. The number of nitrogens with one attached hydrogen (secondary N) is 2. The van der Waals surface area contributed by atoms with Gasteiger partial charge in [-0.15, -0.1) is 0 Å². The highest BCUT2D eigenvalue weighted by atomic mass is 35.5. The van der Waals surface area contributed by atoms with Crippen molar-refractivity contribution in [3.63, 3.8) is 0 Å². The van der Waals surface area contributed by atoms with Gasteiger partial charge >= 0.3 is 6.18 Å². The van der Waals surface area contributed by atoms with Crippen LogP contribution in [0.25, 0.3) is 0 Å². The molecule has 5 nitrogen and oxygen atoms in total. The minimum Gasteiger partial charge on any atom is -0.475 e. The molecular formula is C14H17ClF3N3O2S. The summed E-state index contributed by atoms with van der Waals surface area (Å²) in [5.41, 5.74) is -0.939. The number of alkyl halides is 3. The van der Waals surface area contributed by atoms with Gasteiger partial charge in [0.15, 0.2) is 0 Å². The Morgan fingerprint density at radius 3 is 2.96 bits per heavy atom. The van der Waals surface area contributed by atoms with Crippen LogP contribution in [0.1, 0.15) is 12.0 Å². The van der Waals surface area contributed by atoms with E-state index in [2.05, 4.69) is 15.6 Å². The second kappa shape index (κ2) is 8.77. The Morgan fingerprint density at radius 2 is 2.33 bits per heavy atom. The molecule has 10 heteroatoms. The molecule has 2 rings (SSSR count). The summed E-state index contributed by atoms with van der Waals surface area (Å²) in [6.45, 7) is 1.18. The van der Waals surface area contributed by atoms with Gasteiger partial charge in [0.1, 0.15) is 11.6 Å². The van der Waals surface area contributed by atoms with Gasteiger partial charge in [0.2, 0.25) is 11.8 Å². The third-order valence-electron chi connectivity index (χ3n) is 3.23. The minimum atomic E-state index is -4.51. The minimum absolute atomic E-state index is 0.0661. The number of nitrogens with zero attached hydrogens (tertiary/aromatic N) is 1. The number of carbonyl (C=O) groups is 1.